The van der Waals surface area contributed by atoms with Crippen LogP contribution in [0.1, 0.15) is 18.1 Å². The van der Waals surface area contributed by atoms with E-state index in [2.05, 4.69) is 0 Å². The van der Waals surface area contributed by atoms with Gasteiger partial charge in [0.05, 0.1) is 6.61 Å². The molecule has 0 radical (unpaired) electrons. The third kappa shape index (κ3) is 3.18. The van der Waals surface area contributed by atoms with Crippen LogP contribution >= 0.6 is 0 Å². The average Bonchev–Trinajstić information content (AvgIpc) is 2.81. The van der Waals surface area contributed by atoms with Gasteiger partial charge in [-0.25, -0.2) is 4.79 Å². The number of ether oxygens (including phenoxy) is 3. The summed E-state index contributed by atoms with van der Waals surface area (Å²) >= 11 is 0. The Morgan fingerprint density at radius 3 is 2.78 bits per heavy atom. The molecule has 1 atom stereocenters. The van der Waals surface area contributed by atoms with E-state index in [1.807, 2.05) is 36.4 Å². The lowest BCUT2D eigenvalue weighted by atomic mass is 10.1. The van der Waals surface area contributed by atoms with Crippen molar-refractivity contribution in [1.82, 2.24) is 0 Å². The first kappa shape index (κ1) is 12.8. The number of cyclic esters (lactones) is 1. The lowest BCUT2D eigenvalue weighted by molar-refractivity contribution is -0.135. The summed E-state index contributed by atoms with van der Waals surface area (Å²) < 4.78 is 15.4. The van der Waals surface area contributed by atoms with E-state index >= 15 is 0 Å². The molecule has 0 aromatic heterocycles. The van der Waals surface area contributed by atoms with Gasteiger partial charge in [-0.2, -0.15) is 0 Å². The van der Waals surface area contributed by atoms with E-state index in [4.69, 9.17) is 14.2 Å². The average molecular weight is 248 g/mol. The first-order valence-corrected chi connectivity index (χ1v) is 5.84. The number of carbonyl (C=O) groups is 1. The molecule has 4 heteroatoms. The van der Waals surface area contributed by atoms with Crippen LogP contribution in [0.5, 0.6) is 0 Å². The number of carbonyl (C=O) groups excluding carboxylic acids is 1. The van der Waals surface area contributed by atoms with Gasteiger partial charge in [-0.15, -0.1) is 0 Å². The first-order chi connectivity index (χ1) is 8.81. The van der Waals surface area contributed by atoms with Gasteiger partial charge in [0.2, 0.25) is 0 Å². The van der Waals surface area contributed by atoms with Crippen LogP contribution in [0.15, 0.2) is 42.0 Å². The third-order valence-corrected chi connectivity index (χ3v) is 2.71. The van der Waals surface area contributed by atoms with E-state index in [1.165, 1.54) is 0 Å². The van der Waals surface area contributed by atoms with Gasteiger partial charge in [0.25, 0.3) is 0 Å². The second-order valence-electron chi connectivity index (χ2n) is 3.98. The molecule has 0 N–H and O–H groups in total. The summed E-state index contributed by atoms with van der Waals surface area (Å²) in [6.45, 7) is 0.634. The van der Waals surface area contributed by atoms with Crippen molar-refractivity contribution < 1.29 is 19.0 Å². The maximum absolute atomic E-state index is 11.4. The number of methoxy groups -OCH3 is 1. The second-order valence-corrected chi connectivity index (χ2v) is 3.98. The Kier molecular flexibility index (Phi) is 4.50. The predicted molar refractivity (Wildman–Crippen MR) is 65.8 cm³/mol. The van der Waals surface area contributed by atoms with Crippen LogP contribution in [0, 0.1) is 0 Å². The summed E-state index contributed by atoms with van der Waals surface area (Å²) in [6, 6.07) is 9.72. The summed E-state index contributed by atoms with van der Waals surface area (Å²) in [5, 5.41) is 0. The van der Waals surface area contributed by atoms with E-state index in [9.17, 15) is 4.79 Å². The topological polar surface area (TPSA) is 44.8 Å². The predicted octanol–water partition coefficient (Wildman–Crippen LogP) is 2.22. The van der Waals surface area contributed by atoms with E-state index in [0.717, 1.165) is 5.56 Å². The van der Waals surface area contributed by atoms with Gasteiger partial charge in [0.1, 0.15) is 12.9 Å². The van der Waals surface area contributed by atoms with Crippen LogP contribution < -0.4 is 0 Å². The molecule has 0 spiro atoms. The second kappa shape index (κ2) is 6.33. The Bertz CT molecular complexity index is 425. The first-order valence-electron chi connectivity index (χ1n) is 5.84. The highest BCUT2D eigenvalue weighted by Crippen LogP contribution is 2.24. The van der Waals surface area contributed by atoms with Gasteiger partial charge in [-0.1, -0.05) is 30.3 Å². The van der Waals surface area contributed by atoms with Gasteiger partial charge in [0.15, 0.2) is 0 Å². The zero-order valence-electron chi connectivity index (χ0n) is 10.3. The Morgan fingerprint density at radius 2 is 2.17 bits per heavy atom. The number of esters is 1. The van der Waals surface area contributed by atoms with Crippen LogP contribution in [0.4, 0.5) is 0 Å². The molecule has 1 aromatic rings. The van der Waals surface area contributed by atoms with Crippen molar-refractivity contribution in [3.8, 4) is 0 Å². The standard InChI is InChI=1S/C14H16O4/c1-16-10-18-13(11-5-3-2-4-6-11)9-12-7-8-17-14(12)15/h2-6,9,13H,7-8,10H2,1H3/b12-9+. The largest absolute Gasteiger partial charge is 0.462 e. The normalized spacial score (nSPS) is 18.9. The number of rotatable bonds is 5. The van der Waals surface area contributed by atoms with Crippen LogP contribution in [0.2, 0.25) is 0 Å². The molecule has 1 aliphatic heterocycles. The van der Waals surface area contributed by atoms with Crippen molar-refractivity contribution in [2.45, 2.75) is 12.5 Å². The summed E-state index contributed by atoms with van der Waals surface area (Å²) in [4.78, 5) is 11.4. The quantitative estimate of drug-likeness (QED) is 0.455. The molecule has 1 aliphatic rings. The zero-order valence-corrected chi connectivity index (χ0v) is 10.3. The van der Waals surface area contributed by atoms with E-state index in [1.54, 1.807) is 7.11 Å². The van der Waals surface area contributed by atoms with Gasteiger partial charge in [-0.05, 0) is 11.6 Å². The monoisotopic (exact) mass is 248 g/mol. The van der Waals surface area contributed by atoms with Crippen molar-refractivity contribution in [3.05, 3.63) is 47.5 Å². The maximum Gasteiger partial charge on any atom is 0.333 e. The summed E-state index contributed by atoms with van der Waals surface area (Å²) in [5.74, 6) is -0.253. The van der Waals surface area contributed by atoms with Crippen molar-refractivity contribution in [2.24, 2.45) is 0 Å². The molecule has 1 aromatic carbocycles. The van der Waals surface area contributed by atoms with Crippen LogP contribution in [0.3, 0.4) is 0 Å². The van der Waals surface area contributed by atoms with Crippen molar-refractivity contribution in [1.29, 1.82) is 0 Å². The fourth-order valence-electron chi connectivity index (χ4n) is 1.81. The molecule has 4 nitrogen and oxygen atoms in total. The highest BCUT2D eigenvalue weighted by molar-refractivity contribution is 5.90. The van der Waals surface area contributed by atoms with Crippen LogP contribution in [-0.2, 0) is 19.0 Å². The van der Waals surface area contributed by atoms with Crippen LogP contribution in [0.25, 0.3) is 0 Å². The number of benzene rings is 1. The molecule has 0 bridgehead atoms. The SMILES string of the molecule is COCOC(/C=C1\CCOC1=O)c1ccccc1. The molecule has 0 aliphatic carbocycles. The fraction of sp³-hybridized carbons (Fsp3) is 0.357. The Hall–Kier alpha value is -1.65. The van der Waals surface area contributed by atoms with Gasteiger partial charge in [0, 0.05) is 19.1 Å². The highest BCUT2D eigenvalue weighted by Gasteiger charge is 2.21. The summed E-state index contributed by atoms with van der Waals surface area (Å²) in [6.07, 6.45) is 2.16. The fourth-order valence-corrected chi connectivity index (χ4v) is 1.81. The summed E-state index contributed by atoms with van der Waals surface area (Å²) in [5.41, 5.74) is 1.65. The number of hydrogen-bond donors (Lipinski definition) is 0. The number of hydrogen-bond acceptors (Lipinski definition) is 4. The van der Waals surface area contributed by atoms with Crippen molar-refractivity contribution in [3.63, 3.8) is 0 Å². The van der Waals surface area contributed by atoms with E-state index < -0.39 is 0 Å². The minimum atomic E-state index is -0.285. The Morgan fingerprint density at radius 1 is 1.39 bits per heavy atom. The molecule has 1 heterocycles. The van der Waals surface area contributed by atoms with Gasteiger partial charge < -0.3 is 14.2 Å². The molecule has 1 saturated heterocycles. The van der Waals surface area contributed by atoms with E-state index in [-0.39, 0.29) is 18.9 Å². The molecular weight excluding hydrogens is 232 g/mol. The van der Waals surface area contributed by atoms with Gasteiger partial charge in [-0.3, -0.25) is 0 Å². The van der Waals surface area contributed by atoms with Gasteiger partial charge >= 0.3 is 5.97 Å². The molecule has 96 valence electrons. The smallest absolute Gasteiger partial charge is 0.333 e. The van der Waals surface area contributed by atoms with Crippen molar-refractivity contribution >= 4 is 5.97 Å². The lowest BCUT2D eigenvalue weighted by Crippen LogP contribution is -2.06. The minimum Gasteiger partial charge on any atom is -0.462 e. The summed E-state index contributed by atoms with van der Waals surface area (Å²) in [7, 11) is 1.57. The van der Waals surface area contributed by atoms with Crippen molar-refractivity contribution in [2.75, 3.05) is 20.5 Å². The molecular formula is C14H16O4. The van der Waals surface area contributed by atoms with E-state index in [0.29, 0.717) is 18.6 Å². The third-order valence-electron chi connectivity index (χ3n) is 2.71. The Balaban J connectivity index is 2.17. The zero-order chi connectivity index (χ0) is 12.8. The molecule has 0 saturated carbocycles. The molecule has 18 heavy (non-hydrogen) atoms. The maximum atomic E-state index is 11.4. The molecule has 1 unspecified atom stereocenters. The molecule has 1 fully saturated rings. The minimum absolute atomic E-state index is 0.179. The molecule has 0 amide bonds. The highest BCUT2D eigenvalue weighted by atomic mass is 16.7. The molecule has 2 rings (SSSR count). The Labute approximate surface area is 106 Å². The van der Waals surface area contributed by atoms with Crippen LogP contribution in [-0.4, -0.2) is 26.5 Å². The lowest BCUT2D eigenvalue weighted by Gasteiger charge is -2.14.